The quantitative estimate of drug-likeness (QED) is 0.696. The Hall–Kier alpha value is -1.00. The summed E-state index contributed by atoms with van der Waals surface area (Å²) in [6, 6.07) is 0. The number of aliphatic hydroxyl groups is 2. The van der Waals surface area contributed by atoms with Gasteiger partial charge in [-0.05, 0) is 124 Å². The van der Waals surface area contributed by atoms with E-state index in [-0.39, 0.29) is 11.5 Å². The van der Waals surface area contributed by atoms with Crippen LogP contribution in [0.4, 0.5) is 0 Å². The standard InChI is InChI=1S/C27H42N2O2/c1-25-11-9-20(30)14-19(25)4-5-21-22-6-7-24(26(22,2)12-10-23(21)25)27(3,31)13-8-18-15-28-17-29-16-18/h15-17,19-24,30-31H,4-14H2,1-3H3/t19?,20-,21-,22-,23-,24-,25-,26-,27?/m0/s1. The molecule has 0 spiro atoms. The Morgan fingerprint density at radius 3 is 2.45 bits per heavy atom. The fourth-order valence-electron chi connectivity index (χ4n) is 9.29. The van der Waals surface area contributed by atoms with Crippen molar-refractivity contribution in [2.75, 3.05) is 0 Å². The first-order chi connectivity index (χ1) is 14.7. The van der Waals surface area contributed by atoms with Gasteiger partial charge in [0, 0.05) is 12.4 Å². The van der Waals surface area contributed by atoms with Crippen LogP contribution in [0.25, 0.3) is 0 Å². The smallest absolute Gasteiger partial charge is 0.115 e. The van der Waals surface area contributed by atoms with Gasteiger partial charge >= 0.3 is 0 Å². The molecule has 0 radical (unpaired) electrons. The molecule has 4 aliphatic rings. The molecule has 0 aromatic carbocycles. The second-order valence-electron chi connectivity index (χ2n) is 12.4. The predicted octanol–water partition coefficient (Wildman–Crippen LogP) is 5.18. The lowest BCUT2D eigenvalue weighted by molar-refractivity contribution is -0.144. The molecule has 2 unspecified atom stereocenters. The lowest BCUT2D eigenvalue weighted by atomic mass is 9.44. The van der Waals surface area contributed by atoms with Crippen LogP contribution in [-0.2, 0) is 6.42 Å². The Kier molecular flexibility index (Phi) is 5.49. The lowest BCUT2D eigenvalue weighted by Gasteiger charge is -2.61. The van der Waals surface area contributed by atoms with E-state index in [4.69, 9.17) is 0 Å². The molecule has 4 aliphatic carbocycles. The highest BCUT2D eigenvalue weighted by Gasteiger charge is 2.62. The second kappa shape index (κ2) is 7.80. The Bertz CT molecular complexity index is 783. The molecule has 4 nitrogen and oxygen atoms in total. The minimum Gasteiger partial charge on any atom is -0.393 e. The molecule has 4 heteroatoms. The average Bonchev–Trinajstić information content (AvgIpc) is 3.12. The van der Waals surface area contributed by atoms with Crippen molar-refractivity contribution in [1.82, 2.24) is 9.97 Å². The van der Waals surface area contributed by atoms with Crippen LogP contribution >= 0.6 is 0 Å². The van der Waals surface area contributed by atoms with E-state index in [1.807, 2.05) is 12.4 Å². The van der Waals surface area contributed by atoms with Crippen LogP contribution in [0.15, 0.2) is 18.7 Å². The molecule has 0 aliphatic heterocycles. The minimum atomic E-state index is -0.637. The average molecular weight is 427 g/mol. The van der Waals surface area contributed by atoms with Crippen molar-refractivity contribution in [3.63, 3.8) is 0 Å². The molecule has 172 valence electrons. The van der Waals surface area contributed by atoms with Crippen molar-refractivity contribution in [1.29, 1.82) is 0 Å². The molecule has 0 saturated heterocycles. The Balaban J connectivity index is 1.33. The first kappa shape index (κ1) is 21.8. The molecule has 4 saturated carbocycles. The van der Waals surface area contributed by atoms with E-state index in [1.54, 1.807) is 6.33 Å². The van der Waals surface area contributed by atoms with Crippen LogP contribution < -0.4 is 0 Å². The number of nitrogens with zero attached hydrogens (tertiary/aromatic N) is 2. The van der Waals surface area contributed by atoms with Gasteiger partial charge in [0.1, 0.15) is 6.33 Å². The molecular weight excluding hydrogens is 384 g/mol. The minimum absolute atomic E-state index is 0.0653. The summed E-state index contributed by atoms with van der Waals surface area (Å²) < 4.78 is 0. The topological polar surface area (TPSA) is 66.2 Å². The van der Waals surface area contributed by atoms with Crippen molar-refractivity contribution < 1.29 is 10.2 Å². The van der Waals surface area contributed by atoms with Crippen LogP contribution in [0.1, 0.15) is 90.5 Å². The summed E-state index contributed by atoms with van der Waals surface area (Å²) in [6.07, 6.45) is 17.8. The highest BCUT2D eigenvalue weighted by molar-refractivity contribution is 5.12. The van der Waals surface area contributed by atoms with E-state index in [0.717, 1.165) is 54.9 Å². The summed E-state index contributed by atoms with van der Waals surface area (Å²) in [5, 5.41) is 21.9. The molecule has 0 amide bonds. The van der Waals surface area contributed by atoms with E-state index in [2.05, 4.69) is 30.7 Å². The van der Waals surface area contributed by atoms with Crippen LogP contribution in [0.3, 0.4) is 0 Å². The van der Waals surface area contributed by atoms with E-state index >= 15 is 0 Å². The van der Waals surface area contributed by atoms with Crippen LogP contribution in [0.5, 0.6) is 0 Å². The Morgan fingerprint density at radius 1 is 0.968 bits per heavy atom. The summed E-state index contributed by atoms with van der Waals surface area (Å²) >= 11 is 0. The third kappa shape index (κ3) is 3.57. The first-order valence-electron chi connectivity index (χ1n) is 12.9. The highest BCUT2D eigenvalue weighted by Crippen LogP contribution is 2.68. The van der Waals surface area contributed by atoms with E-state index in [9.17, 15) is 10.2 Å². The number of aromatic nitrogens is 2. The maximum absolute atomic E-state index is 11.7. The van der Waals surface area contributed by atoms with Crippen molar-refractivity contribution >= 4 is 0 Å². The van der Waals surface area contributed by atoms with Gasteiger partial charge < -0.3 is 10.2 Å². The molecular formula is C27H42N2O2. The monoisotopic (exact) mass is 426 g/mol. The number of aryl methyl sites for hydroxylation is 1. The van der Waals surface area contributed by atoms with Crippen LogP contribution in [-0.4, -0.2) is 31.9 Å². The highest BCUT2D eigenvalue weighted by atomic mass is 16.3. The fourth-order valence-corrected chi connectivity index (χ4v) is 9.29. The summed E-state index contributed by atoms with van der Waals surface area (Å²) in [5.74, 6) is 3.50. The van der Waals surface area contributed by atoms with Gasteiger partial charge in [0.25, 0.3) is 0 Å². The van der Waals surface area contributed by atoms with Gasteiger partial charge in [0.05, 0.1) is 11.7 Å². The second-order valence-corrected chi connectivity index (χ2v) is 12.4. The summed E-state index contributed by atoms with van der Waals surface area (Å²) in [5.41, 5.74) is 1.17. The fraction of sp³-hybridized carbons (Fsp3) is 0.852. The summed E-state index contributed by atoms with van der Waals surface area (Å²) in [4.78, 5) is 8.29. The largest absolute Gasteiger partial charge is 0.393 e. The molecule has 4 fully saturated rings. The molecule has 31 heavy (non-hydrogen) atoms. The van der Waals surface area contributed by atoms with E-state index in [0.29, 0.717) is 11.3 Å². The molecule has 0 bridgehead atoms. The van der Waals surface area contributed by atoms with Crippen molar-refractivity contribution in [3.05, 3.63) is 24.3 Å². The van der Waals surface area contributed by atoms with Gasteiger partial charge in [-0.2, -0.15) is 0 Å². The third-order valence-electron chi connectivity index (χ3n) is 10.9. The third-order valence-corrected chi connectivity index (χ3v) is 10.9. The normalized spacial score (nSPS) is 46.5. The Labute approximate surface area is 188 Å². The first-order valence-corrected chi connectivity index (χ1v) is 12.9. The number of rotatable bonds is 4. The molecule has 9 atom stereocenters. The molecule has 2 N–H and O–H groups in total. The van der Waals surface area contributed by atoms with Gasteiger partial charge in [-0.25, -0.2) is 9.97 Å². The van der Waals surface area contributed by atoms with Crippen molar-refractivity contribution in [3.8, 4) is 0 Å². The van der Waals surface area contributed by atoms with Crippen LogP contribution in [0, 0.1) is 40.4 Å². The van der Waals surface area contributed by atoms with Gasteiger partial charge in [0.2, 0.25) is 0 Å². The molecule has 1 aromatic heterocycles. The van der Waals surface area contributed by atoms with Gasteiger partial charge in [-0.15, -0.1) is 0 Å². The number of hydrogen-bond donors (Lipinski definition) is 2. The number of aliphatic hydroxyl groups excluding tert-OH is 1. The van der Waals surface area contributed by atoms with Gasteiger partial charge in [-0.3, -0.25) is 0 Å². The zero-order valence-electron chi connectivity index (χ0n) is 19.8. The number of fused-ring (bicyclic) bond motifs is 5. The zero-order valence-corrected chi connectivity index (χ0v) is 19.8. The molecule has 5 rings (SSSR count). The van der Waals surface area contributed by atoms with Crippen molar-refractivity contribution in [2.45, 2.75) is 103 Å². The molecule has 1 heterocycles. The van der Waals surface area contributed by atoms with Crippen LogP contribution in [0.2, 0.25) is 0 Å². The SMILES string of the molecule is CC(O)(CCc1cncnc1)[C@H]1CC[C@H]2[C@@H]3CCC4C[C@@H](O)CC[C@]4(C)[C@H]3CC[C@]12C. The maximum atomic E-state index is 11.7. The zero-order chi connectivity index (χ0) is 21.9. The maximum Gasteiger partial charge on any atom is 0.115 e. The van der Waals surface area contributed by atoms with Gasteiger partial charge in [0.15, 0.2) is 0 Å². The summed E-state index contributed by atoms with van der Waals surface area (Å²) in [6.45, 7) is 7.18. The Morgan fingerprint density at radius 2 is 1.68 bits per heavy atom. The summed E-state index contributed by atoms with van der Waals surface area (Å²) in [7, 11) is 0. The number of hydrogen-bond acceptors (Lipinski definition) is 4. The van der Waals surface area contributed by atoms with Crippen molar-refractivity contribution in [2.24, 2.45) is 40.4 Å². The van der Waals surface area contributed by atoms with Gasteiger partial charge in [-0.1, -0.05) is 13.8 Å². The van der Waals surface area contributed by atoms with E-state index in [1.165, 1.54) is 44.9 Å². The molecule has 1 aromatic rings. The van der Waals surface area contributed by atoms with E-state index < -0.39 is 5.60 Å². The lowest BCUT2D eigenvalue weighted by Crippen LogP contribution is -2.55. The predicted molar refractivity (Wildman–Crippen MR) is 122 cm³/mol.